The summed E-state index contributed by atoms with van der Waals surface area (Å²) in [5.74, 6) is 1.19. The number of benzene rings is 1. The molecule has 0 spiro atoms. The van der Waals surface area contributed by atoms with Crippen LogP contribution < -0.4 is 9.64 Å². The minimum absolute atomic E-state index is 0.327. The summed E-state index contributed by atoms with van der Waals surface area (Å²) in [4.78, 5) is 8.54. The van der Waals surface area contributed by atoms with Crippen LogP contribution in [0.4, 0.5) is 10.2 Å². The summed E-state index contributed by atoms with van der Waals surface area (Å²) in [6.07, 6.45) is 0. The lowest BCUT2D eigenvalue weighted by Gasteiger charge is -2.38. The first-order valence-corrected chi connectivity index (χ1v) is 7.93. The fraction of sp³-hybridized carbons (Fsp3) is 0.389. The number of methoxy groups -OCH3 is 1. The van der Waals surface area contributed by atoms with Crippen molar-refractivity contribution in [2.24, 2.45) is 0 Å². The number of ether oxygens (including phenoxy) is 1. The third-order valence-electron chi connectivity index (χ3n) is 4.46. The summed E-state index contributed by atoms with van der Waals surface area (Å²) in [7, 11) is 1.69. The van der Waals surface area contributed by atoms with Gasteiger partial charge in [-0.3, -0.25) is 4.90 Å². The lowest BCUT2D eigenvalue weighted by Crippen LogP contribution is -2.47. The first kappa shape index (κ1) is 15.7. The molecule has 1 atom stereocenters. The highest BCUT2D eigenvalue weighted by molar-refractivity contribution is 5.38. The van der Waals surface area contributed by atoms with E-state index >= 15 is 0 Å². The summed E-state index contributed by atoms with van der Waals surface area (Å²) in [5.41, 5.74) is 1.25. The van der Waals surface area contributed by atoms with Crippen molar-refractivity contribution in [2.75, 3.05) is 38.2 Å². The van der Waals surface area contributed by atoms with Crippen molar-refractivity contribution in [3.8, 4) is 5.75 Å². The first-order valence-electron chi connectivity index (χ1n) is 7.93. The van der Waals surface area contributed by atoms with E-state index in [9.17, 15) is 4.39 Å². The van der Waals surface area contributed by atoms with Gasteiger partial charge in [0.05, 0.1) is 7.11 Å². The van der Waals surface area contributed by atoms with Gasteiger partial charge in [0.1, 0.15) is 11.6 Å². The Balaban J connectivity index is 1.64. The molecule has 1 aliphatic heterocycles. The number of rotatable bonds is 4. The molecule has 3 rings (SSSR count). The van der Waals surface area contributed by atoms with E-state index in [1.54, 1.807) is 13.2 Å². The molecule has 1 aromatic carbocycles. The molecule has 0 radical (unpaired) electrons. The summed E-state index contributed by atoms with van der Waals surface area (Å²) in [6, 6.07) is 13.5. The van der Waals surface area contributed by atoms with Crippen LogP contribution in [0.2, 0.25) is 0 Å². The summed E-state index contributed by atoms with van der Waals surface area (Å²) in [5, 5.41) is 0. The average molecular weight is 315 g/mol. The molecule has 0 bridgehead atoms. The molecule has 122 valence electrons. The molecule has 0 saturated carbocycles. The van der Waals surface area contributed by atoms with Gasteiger partial charge < -0.3 is 9.64 Å². The molecule has 1 aromatic heterocycles. The molecule has 0 N–H and O–H groups in total. The quantitative estimate of drug-likeness (QED) is 0.811. The Labute approximate surface area is 136 Å². The van der Waals surface area contributed by atoms with E-state index in [0.29, 0.717) is 6.04 Å². The van der Waals surface area contributed by atoms with E-state index < -0.39 is 5.95 Å². The first-order chi connectivity index (χ1) is 11.2. The van der Waals surface area contributed by atoms with Crippen LogP contribution in [0.1, 0.15) is 18.5 Å². The Hall–Kier alpha value is -2.14. The van der Waals surface area contributed by atoms with E-state index in [1.807, 2.05) is 18.2 Å². The number of nitrogens with zero attached hydrogens (tertiary/aromatic N) is 3. The number of hydrogen-bond acceptors (Lipinski definition) is 4. The van der Waals surface area contributed by atoms with Crippen LogP contribution in [0.3, 0.4) is 0 Å². The topological polar surface area (TPSA) is 28.6 Å². The van der Waals surface area contributed by atoms with E-state index in [2.05, 4.69) is 33.8 Å². The van der Waals surface area contributed by atoms with Gasteiger partial charge in [-0.05, 0) is 36.8 Å². The van der Waals surface area contributed by atoms with Crippen LogP contribution in [0.5, 0.6) is 5.75 Å². The number of pyridine rings is 1. The van der Waals surface area contributed by atoms with Gasteiger partial charge >= 0.3 is 0 Å². The second-order valence-corrected chi connectivity index (χ2v) is 5.79. The third-order valence-corrected chi connectivity index (χ3v) is 4.46. The third kappa shape index (κ3) is 3.62. The van der Waals surface area contributed by atoms with Crippen molar-refractivity contribution in [1.29, 1.82) is 0 Å². The molecule has 5 heteroatoms. The average Bonchev–Trinajstić information content (AvgIpc) is 2.61. The highest BCUT2D eigenvalue weighted by atomic mass is 19.1. The summed E-state index contributed by atoms with van der Waals surface area (Å²) in [6.45, 7) is 5.77. The van der Waals surface area contributed by atoms with Crippen molar-refractivity contribution in [3.05, 3.63) is 54.0 Å². The highest BCUT2D eigenvalue weighted by Gasteiger charge is 2.23. The zero-order chi connectivity index (χ0) is 16.2. The van der Waals surface area contributed by atoms with Crippen LogP contribution in [0.25, 0.3) is 0 Å². The van der Waals surface area contributed by atoms with E-state index in [-0.39, 0.29) is 0 Å². The van der Waals surface area contributed by atoms with Crippen LogP contribution in [-0.4, -0.2) is 43.2 Å². The summed E-state index contributed by atoms with van der Waals surface area (Å²) < 4.78 is 18.6. The van der Waals surface area contributed by atoms with Gasteiger partial charge in [-0.25, -0.2) is 4.98 Å². The van der Waals surface area contributed by atoms with Crippen molar-refractivity contribution >= 4 is 5.82 Å². The molecule has 0 aliphatic carbocycles. The maximum absolute atomic E-state index is 13.3. The number of anilines is 1. The molecule has 1 aliphatic rings. The molecule has 1 saturated heterocycles. The Morgan fingerprint density at radius 2 is 1.83 bits per heavy atom. The number of halogens is 1. The minimum atomic E-state index is -0.422. The molecule has 0 amide bonds. The monoisotopic (exact) mass is 315 g/mol. The van der Waals surface area contributed by atoms with Crippen LogP contribution in [0, 0.1) is 5.95 Å². The maximum Gasteiger partial charge on any atom is 0.214 e. The lowest BCUT2D eigenvalue weighted by molar-refractivity contribution is 0.198. The number of aromatic nitrogens is 1. The number of piperazine rings is 1. The molecule has 2 heterocycles. The maximum atomic E-state index is 13.3. The molecule has 2 aromatic rings. The Morgan fingerprint density at radius 3 is 2.52 bits per heavy atom. The van der Waals surface area contributed by atoms with Gasteiger partial charge in [0.15, 0.2) is 0 Å². The smallest absolute Gasteiger partial charge is 0.214 e. The van der Waals surface area contributed by atoms with Gasteiger partial charge in [-0.1, -0.05) is 18.2 Å². The SMILES string of the molecule is COc1cccc(C(C)N2CCN(c3cccc(F)n3)CC2)c1. The van der Waals surface area contributed by atoms with Crippen molar-refractivity contribution in [2.45, 2.75) is 13.0 Å². The number of hydrogen-bond donors (Lipinski definition) is 0. The van der Waals surface area contributed by atoms with Crippen LogP contribution in [0.15, 0.2) is 42.5 Å². The zero-order valence-electron chi connectivity index (χ0n) is 13.6. The molecule has 4 nitrogen and oxygen atoms in total. The molecule has 23 heavy (non-hydrogen) atoms. The van der Waals surface area contributed by atoms with Crippen LogP contribution >= 0.6 is 0 Å². The predicted molar refractivity (Wildman–Crippen MR) is 89.4 cm³/mol. The zero-order valence-corrected chi connectivity index (χ0v) is 13.6. The minimum Gasteiger partial charge on any atom is -0.497 e. The predicted octanol–water partition coefficient (Wildman–Crippen LogP) is 3.11. The van der Waals surface area contributed by atoms with Gasteiger partial charge in [0, 0.05) is 32.2 Å². The van der Waals surface area contributed by atoms with Crippen LogP contribution in [-0.2, 0) is 0 Å². The highest BCUT2D eigenvalue weighted by Crippen LogP contribution is 2.25. The van der Waals surface area contributed by atoms with Gasteiger partial charge in [-0.15, -0.1) is 0 Å². The standard InChI is InChI=1S/C18H22FN3O/c1-14(15-5-3-6-16(13-15)23-2)21-9-11-22(12-10-21)18-8-4-7-17(19)20-18/h3-8,13-14H,9-12H2,1-2H3. The Bertz CT molecular complexity index is 656. The van der Waals surface area contributed by atoms with Crippen molar-refractivity contribution < 1.29 is 9.13 Å². The van der Waals surface area contributed by atoms with Gasteiger partial charge in [0.25, 0.3) is 0 Å². The van der Waals surface area contributed by atoms with Gasteiger partial charge in [-0.2, -0.15) is 4.39 Å². The Morgan fingerprint density at radius 1 is 1.09 bits per heavy atom. The second-order valence-electron chi connectivity index (χ2n) is 5.79. The molecule has 1 unspecified atom stereocenters. The largest absolute Gasteiger partial charge is 0.497 e. The molecular weight excluding hydrogens is 293 g/mol. The fourth-order valence-electron chi connectivity index (χ4n) is 3.02. The van der Waals surface area contributed by atoms with Crippen molar-refractivity contribution in [1.82, 2.24) is 9.88 Å². The van der Waals surface area contributed by atoms with E-state index in [1.165, 1.54) is 11.6 Å². The summed E-state index contributed by atoms with van der Waals surface area (Å²) >= 11 is 0. The normalized spacial score (nSPS) is 17.1. The lowest BCUT2D eigenvalue weighted by atomic mass is 10.1. The fourth-order valence-corrected chi connectivity index (χ4v) is 3.02. The van der Waals surface area contributed by atoms with Crippen molar-refractivity contribution in [3.63, 3.8) is 0 Å². The molecular formula is C18H22FN3O. The van der Waals surface area contributed by atoms with Gasteiger partial charge in [0.2, 0.25) is 5.95 Å². The van der Waals surface area contributed by atoms with E-state index in [0.717, 1.165) is 37.7 Å². The Kier molecular flexibility index (Phi) is 4.76. The second kappa shape index (κ2) is 6.96. The van der Waals surface area contributed by atoms with E-state index in [4.69, 9.17) is 4.74 Å². The molecule has 1 fully saturated rings.